The predicted octanol–water partition coefficient (Wildman–Crippen LogP) is 2.56. The second-order valence-corrected chi connectivity index (χ2v) is 9.55. The van der Waals surface area contributed by atoms with Gasteiger partial charge in [-0.3, -0.25) is 14.8 Å². The molecule has 3 amide bonds. The summed E-state index contributed by atoms with van der Waals surface area (Å²) in [5, 5.41) is 16.0. The molecule has 2 fully saturated rings. The number of hydrogen-bond donors (Lipinski definition) is 3. The van der Waals surface area contributed by atoms with Crippen LogP contribution in [0.25, 0.3) is 0 Å². The van der Waals surface area contributed by atoms with Crippen molar-refractivity contribution in [3.63, 3.8) is 0 Å². The van der Waals surface area contributed by atoms with Crippen molar-refractivity contribution in [2.24, 2.45) is 4.99 Å². The Morgan fingerprint density at radius 1 is 1.25 bits per heavy atom. The van der Waals surface area contributed by atoms with E-state index in [0.29, 0.717) is 49.6 Å². The van der Waals surface area contributed by atoms with E-state index in [-0.39, 0.29) is 24.9 Å². The number of rotatable bonds is 4. The van der Waals surface area contributed by atoms with Gasteiger partial charge in [0.1, 0.15) is 17.5 Å². The van der Waals surface area contributed by atoms with E-state index >= 15 is 0 Å². The summed E-state index contributed by atoms with van der Waals surface area (Å²) >= 11 is 0. The summed E-state index contributed by atoms with van der Waals surface area (Å²) in [6, 6.07) is 4.54. The van der Waals surface area contributed by atoms with Crippen LogP contribution in [0, 0.1) is 11.6 Å². The van der Waals surface area contributed by atoms with Crippen LogP contribution in [-0.2, 0) is 11.3 Å². The number of hydrogen-bond acceptors (Lipinski definition) is 6. The van der Waals surface area contributed by atoms with E-state index in [2.05, 4.69) is 20.6 Å². The van der Waals surface area contributed by atoms with E-state index in [0.717, 1.165) is 29.8 Å². The number of β-amino-alcohol motifs (C(OH)–C–C–N with tert-alkyl or cyclic N) is 1. The summed E-state index contributed by atoms with van der Waals surface area (Å²) in [5.74, 6) is -0.565. The molecule has 5 rings (SSSR count). The molecule has 4 heterocycles. The Kier molecular flexibility index (Phi) is 6.33. The third-order valence-electron chi connectivity index (χ3n) is 7.07. The molecular weight excluding hydrogens is 470 g/mol. The number of aliphatic imine (C=N–C) groups is 1. The van der Waals surface area contributed by atoms with Crippen LogP contribution in [0.2, 0.25) is 0 Å². The molecule has 2 aromatic rings. The Balaban J connectivity index is 1.31. The zero-order valence-corrected chi connectivity index (χ0v) is 19.9. The van der Waals surface area contributed by atoms with Gasteiger partial charge in [0, 0.05) is 31.3 Å². The molecule has 190 valence electrons. The Hall–Kier alpha value is -3.60. The number of aliphatic hydroxyl groups is 1. The molecule has 0 aliphatic carbocycles. The van der Waals surface area contributed by atoms with Crippen LogP contribution in [0.4, 0.5) is 19.3 Å². The number of likely N-dealkylation sites (tertiary alicyclic amines) is 2. The Morgan fingerprint density at radius 3 is 2.89 bits per heavy atom. The highest BCUT2D eigenvalue weighted by Gasteiger charge is 2.40. The van der Waals surface area contributed by atoms with Crippen molar-refractivity contribution in [2.45, 2.75) is 43.9 Å². The number of aromatic nitrogens is 1. The Morgan fingerprint density at radius 2 is 2.08 bits per heavy atom. The molecule has 1 aromatic carbocycles. The molecule has 0 spiro atoms. The fourth-order valence-electron chi connectivity index (χ4n) is 5.24. The van der Waals surface area contributed by atoms with E-state index in [9.17, 15) is 23.5 Å². The molecular formula is C25H28F2N6O3. The number of amides is 3. The van der Waals surface area contributed by atoms with Gasteiger partial charge in [-0.15, -0.1) is 0 Å². The number of benzene rings is 1. The Labute approximate surface area is 207 Å². The number of fused-ring (bicyclic) bond motifs is 1. The van der Waals surface area contributed by atoms with Crippen LogP contribution in [-0.4, -0.2) is 69.9 Å². The fourth-order valence-corrected chi connectivity index (χ4v) is 5.24. The smallest absolute Gasteiger partial charge is 0.321 e. The number of carbonyl (C=O) groups is 2. The van der Waals surface area contributed by atoms with Gasteiger partial charge in [0.2, 0.25) is 5.91 Å². The highest BCUT2D eigenvalue weighted by molar-refractivity contribution is 6.03. The first kappa shape index (κ1) is 24.1. The fraction of sp³-hybridized carbons (Fsp3) is 0.440. The first-order chi connectivity index (χ1) is 17.3. The third kappa shape index (κ3) is 4.62. The quantitative estimate of drug-likeness (QED) is 0.600. The average Bonchev–Trinajstić information content (AvgIpc) is 3.58. The maximum Gasteiger partial charge on any atom is 0.321 e. The molecule has 3 N–H and O–H groups in total. The SMILES string of the molecule is CNC(=O)CC1(O)CCN(C(=O)Nc2cnc3c(c2)C(N2CCC[C@@H]2c2cc(F)ccc2F)=NC3)C1. The number of amidine groups is 1. The highest BCUT2D eigenvalue weighted by Crippen LogP contribution is 2.37. The lowest BCUT2D eigenvalue weighted by atomic mass is 9.99. The number of urea groups is 1. The first-order valence-corrected chi connectivity index (χ1v) is 12.0. The van der Waals surface area contributed by atoms with Crippen LogP contribution >= 0.6 is 0 Å². The van der Waals surface area contributed by atoms with E-state index in [1.807, 2.05) is 4.90 Å². The van der Waals surface area contributed by atoms with Crippen molar-refractivity contribution in [1.29, 1.82) is 0 Å². The van der Waals surface area contributed by atoms with E-state index in [1.165, 1.54) is 18.0 Å². The minimum atomic E-state index is -1.26. The number of nitrogens with zero attached hydrogens (tertiary/aromatic N) is 4. The molecule has 36 heavy (non-hydrogen) atoms. The first-order valence-electron chi connectivity index (χ1n) is 12.0. The van der Waals surface area contributed by atoms with Gasteiger partial charge in [-0.2, -0.15) is 0 Å². The summed E-state index contributed by atoms with van der Waals surface area (Å²) in [6.45, 7) is 1.38. The molecule has 1 unspecified atom stereocenters. The highest BCUT2D eigenvalue weighted by atomic mass is 19.1. The molecule has 2 saturated heterocycles. The van der Waals surface area contributed by atoms with Gasteiger partial charge in [-0.05, 0) is 43.5 Å². The van der Waals surface area contributed by atoms with Crippen LogP contribution < -0.4 is 10.6 Å². The second kappa shape index (κ2) is 9.45. The van der Waals surface area contributed by atoms with Gasteiger partial charge in [0.25, 0.3) is 0 Å². The number of nitrogens with one attached hydrogen (secondary N) is 2. The Bertz CT molecular complexity index is 1240. The van der Waals surface area contributed by atoms with Crippen molar-refractivity contribution < 1.29 is 23.5 Å². The third-order valence-corrected chi connectivity index (χ3v) is 7.07. The average molecular weight is 499 g/mol. The second-order valence-electron chi connectivity index (χ2n) is 9.55. The lowest BCUT2D eigenvalue weighted by Crippen LogP contribution is -2.41. The molecule has 9 nitrogen and oxygen atoms in total. The summed E-state index contributed by atoms with van der Waals surface area (Å²) in [5.41, 5.74) is 0.996. The normalized spacial score (nSPS) is 23.0. The maximum absolute atomic E-state index is 14.5. The van der Waals surface area contributed by atoms with Crippen LogP contribution in [0.3, 0.4) is 0 Å². The van der Waals surface area contributed by atoms with Gasteiger partial charge in [0.15, 0.2) is 0 Å². The van der Waals surface area contributed by atoms with Gasteiger partial charge in [-0.25, -0.2) is 13.6 Å². The summed E-state index contributed by atoms with van der Waals surface area (Å²) in [7, 11) is 1.50. The zero-order valence-electron chi connectivity index (χ0n) is 19.9. The summed E-state index contributed by atoms with van der Waals surface area (Å²) in [6.07, 6.45) is 3.27. The van der Waals surface area contributed by atoms with Crippen molar-refractivity contribution in [2.75, 3.05) is 32.0 Å². The number of carbonyl (C=O) groups excluding carboxylic acids is 2. The predicted molar refractivity (Wildman–Crippen MR) is 128 cm³/mol. The van der Waals surface area contributed by atoms with E-state index in [4.69, 9.17) is 0 Å². The molecule has 11 heteroatoms. The van der Waals surface area contributed by atoms with E-state index in [1.54, 1.807) is 12.3 Å². The van der Waals surface area contributed by atoms with Gasteiger partial charge >= 0.3 is 6.03 Å². The maximum atomic E-state index is 14.5. The number of pyridine rings is 1. The molecule has 0 bridgehead atoms. The zero-order chi connectivity index (χ0) is 25.4. The minimum absolute atomic E-state index is 0.0476. The van der Waals surface area contributed by atoms with Crippen LogP contribution in [0.15, 0.2) is 35.5 Å². The summed E-state index contributed by atoms with van der Waals surface area (Å²) < 4.78 is 28.4. The van der Waals surface area contributed by atoms with Crippen LogP contribution in [0.5, 0.6) is 0 Å². The van der Waals surface area contributed by atoms with Gasteiger partial charge in [0.05, 0.1) is 48.7 Å². The largest absolute Gasteiger partial charge is 0.387 e. The number of anilines is 1. The van der Waals surface area contributed by atoms with Crippen LogP contribution in [0.1, 0.15) is 48.5 Å². The standard InChI is InChI=1S/C25H28F2N6O3/c1-28-22(34)11-25(36)6-8-32(14-25)24(35)31-16-10-18-20(29-12-16)13-30-23(18)33-7-2-3-21(33)17-9-15(26)4-5-19(17)27/h4-5,9-10,12,21,36H,2-3,6-8,11,13-14H2,1H3,(H,28,34)(H,31,35)/t21-,25?/m1/s1. The molecule has 1 aromatic heterocycles. The molecule has 3 aliphatic rings. The number of halogens is 2. The van der Waals surface area contributed by atoms with E-state index < -0.39 is 23.3 Å². The topological polar surface area (TPSA) is 110 Å². The molecule has 3 aliphatic heterocycles. The lowest BCUT2D eigenvalue weighted by molar-refractivity contribution is -0.125. The van der Waals surface area contributed by atoms with Crippen molar-refractivity contribution in [3.05, 3.63) is 58.9 Å². The monoisotopic (exact) mass is 498 g/mol. The lowest BCUT2D eigenvalue weighted by Gasteiger charge is -2.28. The van der Waals surface area contributed by atoms with Crippen molar-refractivity contribution in [1.82, 2.24) is 20.1 Å². The van der Waals surface area contributed by atoms with Crippen molar-refractivity contribution in [3.8, 4) is 0 Å². The molecule has 2 atom stereocenters. The molecule has 0 saturated carbocycles. The molecule has 0 radical (unpaired) electrons. The van der Waals surface area contributed by atoms with Gasteiger partial charge < -0.3 is 25.5 Å². The van der Waals surface area contributed by atoms with Crippen molar-refractivity contribution >= 4 is 23.5 Å². The van der Waals surface area contributed by atoms with Gasteiger partial charge in [-0.1, -0.05) is 0 Å². The summed E-state index contributed by atoms with van der Waals surface area (Å²) in [4.78, 5) is 37.1. The minimum Gasteiger partial charge on any atom is -0.387 e.